The van der Waals surface area contributed by atoms with Gasteiger partial charge in [-0.15, -0.1) is 0 Å². The highest BCUT2D eigenvalue weighted by molar-refractivity contribution is 5.61. The third-order valence-electron chi connectivity index (χ3n) is 3.20. The van der Waals surface area contributed by atoms with Gasteiger partial charge in [0, 0.05) is 18.7 Å². The maximum atomic E-state index is 13.0. The molecule has 1 saturated carbocycles. The highest BCUT2D eigenvalue weighted by atomic mass is 19.1. The van der Waals surface area contributed by atoms with Gasteiger partial charge in [0.2, 0.25) is 0 Å². The fraction of sp³-hybridized carbons (Fsp3) is 0.500. The van der Waals surface area contributed by atoms with E-state index in [0.717, 1.165) is 12.0 Å². The van der Waals surface area contributed by atoms with E-state index in [-0.39, 0.29) is 11.4 Å². The van der Waals surface area contributed by atoms with Crippen molar-refractivity contribution in [1.82, 2.24) is 0 Å². The SMILES string of the molecule is CC(CNc1cc(F)ccc1[N+](=O)[O-])C1CC1. The van der Waals surface area contributed by atoms with Gasteiger partial charge >= 0.3 is 0 Å². The summed E-state index contributed by atoms with van der Waals surface area (Å²) in [5.41, 5.74) is 0.192. The Morgan fingerprint density at radius 1 is 1.59 bits per heavy atom. The molecule has 0 aromatic heterocycles. The molecular formula is C12H15FN2O2. The molecule has 1 aliphatic rings. The van der Waals surface area contributed by atoms with Gasteiger partial charge in [-0.1, -0.05) is 6.92 Å². The molecule has 0 radical (unpaired) electrons. The summed E-state index contributed by atoms with van der Waals surface area (Å²) >= 11 is 0. The maximum absolute atomic E-state index is 13.0. The molecule has 1 aromatic carbocycles. The molecule has 92 valence electrons. The van der Waals surface area contributed by atoms with Crippen LogP contribution in [0.3, 0.4) is 0 Å². The van der Waals surface area contributed by atoms with Crippen LogP contribution in [-0.2, 0) is 0 Å². The molecule has 0 bridgehead atoms. The number of nitrogens with zero attached hydrogens (tertiary/aromatic N) is 1. The zero-order valence-corrected chi connectivity index (χ0v) is 9.65. The first-order valence-electron chi connectivity index (χ1n) is 5.75. The molecule has 1 aromatic rings. The number of halogens is 1. The Hall–Kier alpha value is -1.65. The molecule has 0 saturated heterocycles. The lowest BCUT2D eigenvalue weighted by molar-refractivity contribution is -0.384. The number of benzene rings is 1. The van der Waals surface area contributed by atoms with Gasteiger partial charge in [0.25, 0.3) is 5.69 Å². The molecule has 1 N–H and O–H groups in total. The van der Waals surface area contributed by atoms with Crippen molar-refractivity contribution in [3.63, 3.8) is 0 Å². The zero-order chi connectivity index (χ0) is 12.4. The van der Waals surface area contributed by atoms with Gasteiger partial charge < -0.3 is 5.32 Å². The fourth-order valence-corrected chi connectivity index (χ4v) is 1.91. The summed E-state index contributed by atoms with van der Waals surface area (Å²) in [5, 5.41) is 13.7. The number of rotatable bonds is 5. The lowest BCUT2D eigenvalue weighted by Crippen LogP contribution is -2.13. The highest BCUT2D eigenvalue weighted by Crippen LogP contribution is 2.37. The lowest BCUT2D eigenvalue weighted by Gasteiger charge is -2.12. The fourth-order valence-electron chi connectivity index (χ4n) is 1.91. The van der Waals surface area contributed by atoms with Crippen LogP contribution in [0.15, 0.2) is 18.2 Å². The summed E-state index contributed by atoms with van der Waals surface area (Å²) < 4.78 is 13.0. The van der Waals surface area contributed by atoms with Crippen molar-refractivity contribution in [1.29, 1.82) is 0 Å². The number of nitro groups is 1. The van der Waals surface area contributed by atoms with Gasteiger partial charge in [-0.2, -0.15) is 0 Å². The minimum atomic E-state index is -0.496. The third-order valence-corrected chi connectivity index (χ3v) is 3.20. The van der Waals surface area contributed by atoms with Crippen molar-refractivity contribution < 1.29 is 9.31 Å². The van der Waals surface area contributed by atoms with Crippen LogP contribution < -0.4 is 5.32 Å². The third kappa shape index (κ3) is 2.93. The quantitative estimate of drug-likeness (QED) is 0.633. The van der Waals surface area contributed by atoms with Crippen molar-refractivity contribution in [3.05, 3.63) is 34.1 Å². The van der Waals surface area contributed by atoms with Crippen molar-refractivity contribution in [2.24, 2.45) is 11.8 Å². The van der Waals surface area contributed by atoms with Crippen molar-refractivity contribution >= 4 is 11.4 Å². The van der Waals surface area contributed by atoms with Crippen molar-refractivity contribution in [2.45, 2.75) is 19.8 Å². The summed E-state index contributed by atoms with van der Waals surface area (Å²) in [6.07, 6.45) is 2.46. The highest BCUT2D eigenvalue weighted by Gasteiger charge is 2.28. The van der Waals surface area contributed by atoms with E-state index in [4.69, 9.17) is 0 Å². The van der Waals surface area contributed by atoms with Crippen molar-refractivity contribution in [2.75, 3.05) is 11.9 Å². The van der Waals surface area contributed by atoms with Gasteiger partial charge in [-0.3, -0.25) is 10.1 Å². The summed E-state index contributed by atoms with van der Waals surface area (Å²) in [6, 6.07) is 3.48. The lowest BCUT2D eigenvalue weighted by atomic mass is 10.1. The molecule has 5 heteroatoms. The van der Waals surface area contributed by atoms with Gasteiger partial charge in [0.15, 0.2) is 0 Å². The first kappa shape index (κ1) is 11.8. The van der Waals surface area contributed by atoms with Crippen LogP contribution in [0.5, 0.6) is 0 Å². The zero-order valence-electron chi connectivity index (χ0n) is 9.65. The van der Waals surface area contributed by atoms with E-state index in [1.165, 1.54) is 25.0 Å². The predicted octanol–water partition coefficient (Wildman–Crippen LogP) is 3.19. The van der Waals surface area contributed by atoms with E-state index in [2.05, 4.69) is 12.2 Å². The topological polar surface area (TPSA) is 55.2 Å². The Morgan fingerprint density at radius 3 is 2.88 bits per heavy atom. The minimum absolute atomic E-state index is 0.0746. The monoisotopic (exact) mass is 238 g/mol. The second-order valence-electron chi connectivity index (χ2n) is 4.61. The number of nitrogens with one attached hydrogen (secondary N) is 1. The van der Waals surface area contributed by atoms with E-state index >= 15 is 0 Å². The molecule has 1 fully saturated rings. The molecule has 4 nitrogen and oxygen atoms in total. The molecule has 0 aliphatic heterocycles. The van der Waals surface area contributed by atoms with Crippen LogP contribution in [0.2, 0.25) is 0 Å². The Labute approximate surface area is 99.0 Å². The smallest absolute Gasteiger partial charge is 0.292 e. The second kappa shape index (κ2) is 4.69. The minimum Gasteiger partial charge on any atom is -0.379 e. The summed E-state index contributed by atoms with van der Waals surface area (Å²) in [4.78, 5) is 10.3. The molecule has 17 heavy (non-hydrogen) atoms. The van der Waals surface area contributed by atoms with E-state index in [1.54, 1.807) is 0 Å². The standard InChI is InChI=1S/C12H15FN2O2/c1-8(9-2-3-9)7-14-11-6-10(13)4-5-12(11)15(16)17/h4-6,8-9,14H,2-3,7H2,1H3. The van der Waals surface area contributed by atoms with E-state index in [9.17, 15) is 14.5 Å². The first-order valence-corrected chi connectivity index (χ1v) is 5.75. The van der Waals surface area contributed by atoms with Gasteiger partial charge in [0.05, 0.1) is 4.92 Å². The molecule has 1 aliphatic carbocycles. The molecule has 0 amide bonds. The van der Waals surface area contributed by atoms with Gasteiger partial charge in [-0.25, -0.2) is 4.39 Å². The van der Waals surface area contributed by atoms with Crippen LogP contribution in [-0.4, -0.2) is 11.5 Å². The molecule has 1 unspecified atom stereocenters. The van der Waals surface area contributed by atoms with E-state index in [1.807, 2.05) is 0 Å². The Balaban J connectivity index is 2.07. The van der Waals surface area contributed by atoms with E-state index < -0.39 is 10.7 Å². The van der Waals surface area contributed by atoms with Crippen LogP contribution in [0.4, 0.5) is 15.8 Å². The van der Waals surface area contributed by atoms with Crippen LogP contribution in [0.25, 0.3) is 0 Å². The predicted molar refractivity (Wildman–Crippen MR) is 63.4 cm³/mol. The largest absolute Gasteiger partial charge is 0.379 e. The van der Waals surface area contributed by atoms with Crippen molar-refractivity contribution in [3.8, 4) is 0 Å². The molecule has 0 heterocycles. The average molecular weight is 238 g/mol. The Kier molecular flexibility index (Phi) is 3.26. The molecule has 1 atom stereocenters. The molecule has 2 rings (SSSR count). The average Bonchev–Trinajstić information content (AvgIpc) is 3.09. The molecular weight excluding hydrogens is 223 g/mol. The summed E-state index contributed by atoms with van der Waals surface area (Å²) in [7, 11) is 0. The first-order chi connectivity index (χ1) is 8.08. The van der Waals surface area contributed by atoms with Crippen LogP contribution >= 0.6 is 0 Å². The summed E-state index contributed by atoms with van der Waals surface area (Å²) in [6.45, 7) is 2.75. The summed E-state index contributed by atoms with van der Waals surface area (Å²) in [5.74, 6) is 0.727. The van der Waals surface area contributed by atoms with Gasteiger partial charge in [-0.05, 0) is 30.7 Å². The maximum Gasteiger partial charge on any atom is 0.292 e. The number of anilines is 1. The van der Waals surface area contributed by atoms with Gasteiger partial charge in [0.1, 0.15) is 11.5 Å². The van der Waals surface area contributed by atoms with E-state index in [0.29, 0.717) is 12.5 Å². The van der Waals surface area contributed by atoms with Crippen LogP contribution in [0.1, 0.15) is 19.8 Å². The number of nitro benzene ring substituents is 1. The second-order valence-corrected chi connectivity index (χ2v) is 4.61. The Morgan fingerprint density at radius 2 is 2.29 bits per heavy atom. The number of hydrogen-bond donors (Lipinski definition) is 1. The Bertz CT molecular complexity index is 433. The molecule has 0 spiro atoms. The number of hydrogen-bond acceptors (Lipinski definition) is 3. The van der Waals surface area contributed by atoms with Crippen LogP contribution in [0, 0.1) is 27.8 Å². The normalized spacial score (nSPS) is 16.6.